The molecule has 1 aromatic carbocycles. The molecular weight excluding hydrogens is 265 g/mol. The molecule has 18 heavy (non-hydrogen) atoms. The molecule has 1 fully saturated rings. The first-order chi connectivity index (χ1) is 8.65. The van der Waals surface area contributed by atoms with Crippen molar-refractivity contribution in [1.29, 1.82) is 0 Å². The maximum absolute atomic E-state index is 6.08. The number of nitrogens with zero attached hydrogens (tertiary/aromatic N) is 1. The van der Waals surface area contributed by atoms with Crippen LogP contribution in [0, 0.1) is 0 Å². The van der Waals surface area contributed by atoms with Gasteiger partial charge in [-0.25, -0.2) is 4.67 Å². The van der Waals surface area contributed by atoms with E-state index < -0.39 is 6.64 Å². The van der Waals surface area contributed by atoms with Crippen molar-refractivity contribution in [2.75, 3.05) is 20.2 Å². The number of allylic oxidation sites excluding steroid dienone is 1. The van der Waals surface area contributed by atoms with Gasteiger partial charge in [-0.1, -0.05) is 42.5 Å². The van der Waals surface area contributed by atoms with Crippen LogP contribution in [0.15, 0.2) is 42.5 Å². The maximum atomic E-state index is 6.08. The average molecular weight is 283 g/mol. The van der Waals surface area contributed by atoms with E-state index in [4.69, 9.17) is 20.9 Å². The Bertz CT molecular complexity index is 463. The molecule has 0 radical (unpaired) electrons. The Hall–Kier alpha value is -0.510. The second-order valence-electron chi connectivity index (χ2n) is 4.15. The van der Waals surface area contributed by atoms with Crippen LogP contribution in [-0.2, 0) is 20.9 Å². The van der Waals surface area contributed by atoms with E-state index in [1.807, 2.05) is 61.1 Å². The van der Waals surface area contributed by atoms with E-state index in [0.29, 0.717) is 6.61 Å². The lowest BCUT2D eigenvalue weighted by Gasteiger charge is -2.26. The van der Waals surface area contributed by atoms with Gasteiger partial charge in [-0.3, -0.25) is 0 Å². The van der Waals surface area contributed by atoms with E-state index in [2.05, 4.69) is 0 Å². The normalized spacial score (nSPS) is 26.8. The molecule has 2 unspecified atom stereocenters. The highest BCUT2D eigenvalue weighted by atomic mass is 32.5. The Morgan fingerprint density at radius 2 is 2.17 bits per heavy atom. The molecule has 0 aliphatic carbocycles. The number of benzene rings is 1. The Morgan fingerprint density at radius 3 is 2.72 bits per heavy atom. The van der Waals surface area contributed by atoms with Gasteiger partial charge in [-0.15, -0.1) is 0 Å². The monoisotopic (exact) mass is 283 g/mol. The first-order valence-electron chi connectivity index (χ1n) is 5.98. The zero-order valence-corrected chi connectivity index (χ0v) is 12.4. The highest BCUT2D eigenvalue weighted by Crippen LogP contribution is 2.57. The van der Waals surface area contributed by atoms with Gasteiger partial charge >= 0.3 is 0 Å². The quantitative estimate of drug-likeness (QED) is 0.622. The zero-order valence-electron chi connectivity index (χ0n) is 10.7. The molecule has 0 saturated carbocycles. The van der Waals surface area contributed by atoms with Crippen molar-refractivity contribution in [3.05, 3.63) is 48.0 Å². The molecule has 1 aromatic rings. The standard InChI is InChI=1S/C13H18NO2PS/c1-3-7-13(12-8-5-4-6-9-12)16-17(18)14(2)10-11-15-17/h3-9,13H,10-11H2,1-2H3/b7-3+. The molecule has 98 valence electrons. The van der Waals surface area contributed by atoms with E-state index in [9.17, 15) is 0 Å². The van der Waals surface area contributed by atoms with Crippen molar-refractivity contribution in [2.45, 2.75) is 13.0 Å². The summed E-state index contributed by atoms with van der Waals surface area (Å²) in [7, 11) is 1.96. The molecule has 1 aliphatic rings. The minimum atomic E-state index is -2.30. The summed E-state index contributed by atoms with van der Waals surface area (Å²) in [6.07, 6.45) is 3.86. The third-order valence-corrected chi connectivity index (χ3v) is 6.28. The van der Waals surface area contributed by atoms with Crippen molar-refractivity contribution in [3.8, 4) is 0 Å². The molecule has 2 rings (SSSR count). The van der Waals surface area contributed by atoms with Crippen molar-refractivity contribution in [1.82, 2.24) is 4.67 Å². The van der Waals surface area contributed by atoms with Crippen LogP contribution in [0.2, 0.25) is 0 Å². The van der Waals surface area contributed by atoms with Gasteiger partial charge in [-0.2, -0.15) is 0 Å². The fourth-order valence-corrected chi connectivity index (χ4v) is 4.07. The maximum Gasteiger partial charge on any atom is 0.264 e. The van der Waals surface area contributed by atoms with Crippen LogP contribution in [0.4, 0.5) is 0 Å². The molecule has 0 N–H and O–H groups in total. The van der Waals surface area contributed by atoms with Gasteiger partial charge in [0.05, 0.1) is 6.61 Å². The third kappa shape index (κ3) is 3.08. The Labute approximate surface area is 114 Å². The fraction of sp³-hybridized carbons (Fsp3) is 0.385. The number of hydrogen-bond donors (Lipinski definition) is 0. The number of rotatable bonds is 4. The van der Waals surface area contributed by atoms with Crippen LogP contribution in [-0.4, -0.2) is 24.9 Å². The highest BCUT2D eigenvalue weighted by Gasteiger charge is 2.33. The average Bonchev–Trinajstić information content (AvgIpc) is 2.70. The van der Waals surface area contributed by atoms with E-state index in [0.717, 1.165) is 12.1 Å². The van der Waals surface area contributed by atoms with Crippen molar-refractivity contribution < 1.29 is 9.05 Å². The lowest BCUT2D eigenvalue weighted by atomic mass is 10.1. The van der Waals surface area contributed by atoms with E-state index >= 15 is 0 Å². The Kier molecular flexibility index (Phi) is 4.71. The van der Waals surface area contributed by atoms with E-state index in [1.54, 1.807) is 0 Å². The molecule has 1 saturated heterocycles. The van der Waals surface area contributed by atoms with Crippen molar-refractivity contribution in [3.63, 3.8) is 0 Å². The van der Waals surface area contributed by atoms with Crippen LogP contribution in [0.3, 0.4) is 0 Å². The SMILES string of the molecule is C/C=C/C(OP1(=S)OCCN1C)c1ccccc1. The molecule has 1 aliphatic heterocycles. The second-order valence-corrected chi connectivity index (χ2v) is 7.62. The van der Waals surface area contributed by atoms with Gasteiger partial charge in [0.2, 0.25) is 0 Å². The molecule has 3 nitrogen and oxygen atoms in total. The summed E-state index contributed by atoms with van der Waals surface area (Å²) in [6, 6.07) is 10.1. The first kappa shape index (κ1) is 13.9. The molecule has 0 bridgehead atoms. The largest absolute Gasteiger partial charge is 0.316 e. The highest BCUT2D eigenvalue weighted by molar-refractivity contribution is 8.08. The van der Waals surface area contributed by atoms with Gasteiger partial charge in [0.1, 0.15) is 6.10 Å². The van der Waals surface area contributed by atoms with Crippen LogP contribution in [0.1, 0.15) is 18.6 Å². The first-order valence-corrected chi connectivity index (χ1v) is 8.57. The van der Waals surface area contributed by atoms with Crippen LogP contribution < -0.4 is 0 Å². The summed E-state index contributed by atoms with van der Waals surface area (Å²) >= 11 is 5.54. The summed E-state index contributed by atoms with van der Waals surface area (Å²) in [5.41, 5.74) is 1.10. The van der Waals surface area contributed by atoms with Gasteiger partial charge < -0.3 is 9.05 Å². The van der Waals surface area contributed by atoms with E-state index in [1.165, 1.54) is 0 Å². The van der Waals surface area contributed by atoms with Crippen LogP contribution >= 0.6 is 6.64 Å². The van der Waals surface area contributed by atoms with Gasteiger partial charge in [-0.05, 0) is 31.3 Å². The fourth-order valence-electron chi connectivity index (χ4n) is 1.79. The molecule has 0 amide bonds. The van der Waals surface area contributed by atoms with Crippen LogP contribution in [0.5, 0.6) is 0 Å². The molecule has 0 aromatic heterocycles. The molecule has 2 atom stereocenters. The molecular formula is C13H18NO2PS. The predicted molar refractivity (Wildman–Crippen MR) is 77.9 cm³/mol. The topological polar surface area (TPSA) is 21.7 Å². The summed E-state index contributed by atoms with van der Waals surface area (Å²) in [5, 5.41) is 0. The summed E-state index contributed by atoms with van der Waals surface area (Å²) in [6.45, 7) is 1.18. The second kappa shape index (κ2) is 6.09. The lowest BCUT2D eigenvalue weighted by Crippen LogP contribution is -2.12. The molecule has 5 heteroatoms. The Morgan fingerprint density at radius 1 is 1.44 bits per heavy atom. The molecule has 0 spiro atoms. The molecule has 1 heterocycles. The van der Waals surface area contributed by atoms with Gasteiger partial charge in [0, 0.05) is 6.54 Å². The minimum absolute atomic E-state index is 0.136. The summed E-state index contributed by atoms with van der Waals surface area (Å²) < 4.78 is 13.7. The van der Waals surface area contributed by atoms with Gasteiger partial charge in [0.25, 0.3) is 6.64 Å². The lowest BCUT2D eigenvalue weighted by molar-refractivity contribution is 0.222. The Balaban J connectivity index is 2.20. The third-order valence-electron chi connectivity index (χ3n) is 2.83. The number of likely N-dealkylation sites (N-methyl/N-ethyl adjacent to an activating group) is 1. The van der Waals surface area contributed by atoms with Gasteiger partial charge in [0.15, 0.2) is 0 Å². The van der Waals surface area contributed by atoms with Crippen molar-refractivity contribution >= 4 is 18.4 Å². The zero-order chi connectivity index (χ0) is 13.0. The summed E-state index contributed by atoms with van der Waals surface area (Å²) in [4.78, 5) is 0. The smallest absolute Gasteiger partial charge is 0.264 e. The minimum Gasteiger partial charge on any atom is -0.316 e. The van der Waals surface area contributed by atoms with Crippen molar-refractivity contribution in [2.24, 2.45) is 0 Å². The van der Waals surface area contributed by atoms with Crippen LogP contribution in [0.25, 0.3) is 0 Å². The summed E-state index contributed by atoms with van der Waals surface area (Å²) in [5.74, 6) is 0. The van der Waals surface area contributed by atoms with E-state index in [-0.39, 0.29) is 6.10 Å². The number of hydrogen-bond acceptors (Lipinski definition) is 3. The predicted octanol–water partition coefficient (Wildman–Crippen LogP) is 3.51.